The molecule has 4 heteroatoms. The van der Waals surface area contributed by atoms with Crippen molar-refractivity contribution in [2.24, 2.45) is 11.8 Å². The number of rotatable bonds is 6. The molecule has 1 unspecified atom stereocenters. The first-order chi connectivity index (χ1) is 10.4. The van der Waals surface area contributed by atoms with Gasteiger partial charge in [0.1, 0.15) is 0 Å². The molecular weight excluding hydrogens is 296 g/mol. The van der Waals surface area contributed by atoms with Crippen LogP contribution < -0.4 is 5.32 Å². The van der Waals surface area contributed by atoms with Gasteiger partial charge >= 0.3 is 0 Å². The smallest absolute Gasteiger partial charge is 0.0717 e. The van der Waals surface area contributed by atoms with Crippen molar-refractivity contribution >= 4 is 12.4 Å². The lowest BCUT2D eigenvalue weighted by Gasteiger charge is -2.27. The summed E-state index contributed by atoms with van der Waals surface area (Å²) in [7, 11) is 0. The van der Waals surface area contributed by atoms with Gasteiger partial charge in [0.15, 0.2) is 0 Å². The standard InChI is InChI=1S/C18H28N2O.ClH/c1-2-4-17(5-3-1)14-21-15-18-8-11-20(13-18)12-16-6-9-19-10-7-16;/h1-5,16,18-19H,6-15H2;1H. The lowest BCUT2D eigenvalue weighted by molar-refractivity contribution is 0.0877. The highest BCUT2D eigenvalue weighted by Gasteiger charge is 2.25. The highest BCUT2D eigenvalue weighted by Crippen LogP contribution is 2.21. The second kappa shape index (κ2) is 9.51. The average Bonchev–Trinajstić information content (AvgIpc) is 2.97. The van der Waals surface area contributed by atoms with Crippen molar-refractivity contribution in [2.75, 3.05) is 39.3 Å². The van der Waals surface area contributed by atoms with Gasteiger partial charge in [-0.15, -0.1) is 12.4 Å². The molecule has 2 aliphatic heterocycles. The monoisotopic (exact) mass is 324 g/mol. The van der Waals surface area contributed by atoms with Crippen molar-refractivity contribution in [3.63, 3.8) is 0 Å². The van der Waals surface area contributed by atoms with Crippen LogP contribution in [0.2, 0.25) is 0 Å². The Labute approximate surface area is 140 Å². The number of likely N-dealkylation sites (tertiary alicyclic amines) is 1. The summed E-state index contributed by atoms with van der Waals surface area (Å²) in [5, 5.41) is 3.45. The zero-order valence-corrected chi connectivity index (χ0v) is 14.2. The van der Waals surface area contributed by atoms with Gasteiger partial charge in [0.05, 0.1) is 13.2 Å². The Morgan fingerprint density at radius 3 is 2.59 bits per heavy atom. The van der Waals surface area contributed by atoms with Crippen LogP contribution in [0.3, 0.4) is 0 Å². The first-order valence-corrected chi connectivity index (χ1v) is 8.45. The van der Waals surface area contributed by atoms with Crippen LogP contribution >= 0.6 is 12.4 Å². The third-order valence-corrected chi connectivity index (χ3v) is 4.81. The zero-order valence-electron chi connectivity index (χ0n) is 13.4. The lowest BCUT2D eigenvalue weighted by Crippen LogP contribution is -2.35. The van der Waals surface area contributed by atoms with E-state index in [0.717, 1.165) is 25.0 Å². The first-order valence-electron chi connectivity index (χ1n) is 8.45. The summed E-state index contributed by atoms with van der Waals surface area (Å²) in [6.07, 6.45) is 4.01. The van der Waals surface area contributed by atoms with Crippen molar-refractivity contribution in [1.29, 1.82) is 0 Å². The van der Waals surface area contributed by atoms with Crippen molar-refractivity contribution in [3.05, 3.63) is 35.9 Å². The van der Waals surface area contributed by atoms with E-state index in [4.69, 9.17) is 4.74 Å². The van der Waals surface area contributed by atoms with Gasteiger partial charge in [-0.05, 0) is 56.3 Å². The molecule has 3 nitrogen and oxygen atoms in total. The maximum atomic E-state index is 5.91. The van der Waals surface area contributed by atoms with E-state index < -0.39 is 0 Å². The number of hydrogen-bond acceptors (Lipinski definition) is 3. The number of nitrogens with zero attached hydrogens (tertiary/aromatic N) is 1. The van der Waals surface area contributed by atoms with Crippen molar-refractivity contribution in [1.82, 2.24) is 10.2 Å². The number of nitrogens with one attached hydrogen (secondary N) is 1. The molecule has 2 fully saturated rings. The van der Waals surface area contributed by atoms with E-state index >= 15 is 0 Å². The van der Waals surface area contributed by atoms with Gasteiger partial charge in [0, 0.05) is 13.1 Å². The van der Waals surface area contributed by atoms with Crippen LogP contribution in [0.25, 0.3) is 0 Å². The fraction of sp³-hybridized carbons (Fsp3) is 0.667. The molecule has 3 rings (SSSR count). The van der Waals surface area contributed by atoms with Crippen molar-refractivity contribution in [2.45, 2.75) is 25.9 Å². The van der Waals surface area contributed by atoms with Gasteiger partial charge in [0.2, 0.25) is 0 Å². The molecule has 22 heavy (non-hydrogen) atoms. The van der Waals surface area contributed by atoms with E-state index in [-0.39, 0.29) is 12.4 Å². The molecule has 0 aromatic heterocycles. The maximum Gasteiger partial charge on any atom is 0.0717 e. The molecule has 2 aliphatic rings. The van der Waals surface area contributed by atoms with Gasteiger partial charge in [-0.1, -0.05) is 30.3 Å². The molecule has 0 bridgehead atoms. The highest BCUT2D eigenvalue weighted by molar-refractivity contribution is 5.85. The van der Waals surface area contributed by atoms with Crippen LogP contribution in [0.15, 0.2) is 30.3 Å². The summed E-state index contributed by atoms with van der Waals surface area (Å²) < 4.78 is 5.91. The maximum absolute atomic E-state index is 5.91. The predicted molar refractivity (Wildman–Crippen MR) is 93.5 cm³/mol. The Morgan fingerprint density at radius 2 is 1.82 bits per heavy atom. The number of ether oxygens (including phenoxy) is 1. The molecule has 1 N–H and O–H groups in total. The van der Waals surface area contributed by atoms with Gasteiger partial charge in [0.25, 0.3) is 0 Å². The lowest BCUT2D eigenvalue weighted by atomic mass is 9.98. The molecule has 0 saturated carbocycles. The van der Waals surface area contributed by atoms with Crippen LogP contribution in [0.5, 0.6) is 0 Å². The Kier molecular flexibility index (Phi) is 7.67. The Balaban J connectivity index is 0.00000176. The molecule has 1 atom stereocenters. The van der Waals surface area contributed by atoms with Crippen LogP contribution in [-0.4, -0.2) is 44.2 Å². The summed E-state index contributed by atoms with van der Waals surface area (Å²) in [4.78, 5) is 2.66. The molecule has 0 spiro atoms. The quantitative estimate of drug-likeness (QED) is 0.870. The van der Waals surface area contributed by atoms with Crippen molar-refractivity contribution < 1.29 is 4.74 Å². The van der Waals surface area contributed by atoms with E-state index in [0.29, 0.717) is 0 Å². The van der Waals surface area contributed by atoms with E-state index in [1.165, 1.54) is 57.5 Å². The molecule has 124 valence electrons. The molecule has 1 aromatic carbocycles. The number of benzene rings is 1. The summed E-state index contributed by atoms with van der Waals surface area (Å²) in [5.41, 5.74) is 1.28. The molecule has 2 heterocycles. The summed E-state index contributed by atoms with van der Waals surface area (Å²) in [5.74, 6) is 1.64. The predicted octanol–water partition coefficient (Wildman–Crippen LogP) is 2.95. The van der Waals surface area contributed by atoms with Crippen molar-refractivity contribution in [3.8, 4) is 0 Å². The van der Waals surface area contributed by atoms with Crippen LogP contribution in [0.4, 0.5) is 0 Å². The van der Waals surface area contributed by atoms with Crippen LogP contribution in [-0.2, 0) is 11.3 Å². The van der Waals surface area contributed by atoms with E-state index in [9.17, 15) is 0 Å². The minimum atomic E-state index is 0. The third-order valence-electron chi connectivity index (χ3n) is 4.81. The first kappa shape index (κ1) is 17.7. The normalized spacial score (nSPS) is 23.4. The summed E-state index contributed by atoms with van der Waals surface area (Å²) in [6.45, 7) is 7.90. The second-order valence-corrected chi connectivity index (χ2v) is 6.61. The van der Waals surface area contributed by atoms with Gasteiger partial charge in [-0.25, -0.2) is 0 Å². The fourth-order valence-electron chi connectivity index (χ4n) is 3.56. The Morgan fingerprint density at radius 1 is 1.05 bits per heavy atom. The van der Waals surface area contributed by atoms with Gasteiger partial charge in [-0.3, -0.25) is 0 Å². The molecule has 0 radical (unpaired) electrons. The number of halogens is 1. The second-order valence-electron chi connectivity index (χ2n) is 6.61. The zero-order chi connectivity index (χ0) is 14.3. The Hall–Kier alpha value is -0.610. The summed E-state index contributed by atoms with van der Waals surface area (Å²) in [6, 6.07) is 10.5. The number of piperidine rings is 1. The highest BCUT2D eigenvalue weighted by atomic mass is 35.5. The van der Waals surface area contributed by atoms with Gasteiger partial charge < -0.3 is 15.0 Å². The average molecular weight is 325 g/mol. The topological polar surface area (TPSA) is 24.5 Å². The van der Waals surface area contributed by atoms with Gasteiger partial charge in [-0.2, -0.15) is 0 Å². The van der Waals surface area contributed by atoms with E-state index in [1.54, 1.807) is 0 Å². The third kappa shape index (κ3) is 5.54. The van der Waals surface area contributed by atoms with Crippen LogP contribution in [0.1, 0.15) is 24.8 Å². The molecule has 2 saturated heterocycles. The SMILES string of the molecule is Cl.c1ccc(COCC2CCN(CC3CCNCC3)C2)cc1. The largest absolute Gasteiger partial charge is 0.376 e. The minimum absolute atomic E-state index is 0. The molecule has 0 amide bonds. The van der Waals surface area contributed by atoms with Crippen LogP contribution in [0, 0.1) is 11.8 Å². The fourth-order valence-corrected chi connectivity index (χ4v) is 3.56. The number of hydrogen-bond donors (Lipinski definition) is 1. The Bertz CT molecular complexity index is 409. The molecular formula is C18H29ClN2O. The minimum Gasteiger partial charge on any atom is -0.376 e. The summed E-state index contributed by atoms with van der Waals surface area (Å²) >= 11 is 0. The van der Waals surface area contributed by atoms with E-state index in [2.05, 4.69) is 40.5 Å². The molecule has 1 aromatic rings. The molecule has 0 aliphatic carbocycles. The van der Waals surface area contributed by atoms with E-state index in [1.807, 2.05) is 0 Å².